The minimum absolute atomic E-state index is 0.149. The number of nitrogens with zero attached hydrogens (tertiary/aromatic N) is 1. The number of aldehydes is 1. The van der Waals surface area contributed by atoms with Gasteiger partial charge in [-0.1, -0.05) is 30.4 Å². The number of aryl methyl sites for hydroxylation is 1. The van der Waals surface area contributed by atoms with Crippen molar-refractivity contribution >= 4 is 12.2 Å². The molecule has 1 aliphatic rings. The largest absolute Gasteiger partial charge is 0.505 e. The fourth-order valence-corrected chi connectivity index (χ4v) is 3.02. The molecule has 1 atom stereocenters. The summed E-state index contributed by atoms with van der Waals surface area (Å²) in [6, 6.07) is 5.30. The number of hydrogen-bond acceptors (Lipinski definition) is 5. The van der Waals surface area contributed by atoms with E-state index in [1.165, 1.54) is 6.08 Å². The third-order valence-electron chi connectivity index (χ3n) is 4.81. The van der Waals surface area contributed by atoms with Crippen LogP contribution in [0.5, 0.6) is 0 Å². The molecule has 0 aromatic heterocycles. The number of allylic oxidation sites excluding steroid dienone is 3. The summed E-state index contributed by atoms with van der Waals surface area (Å²) in [5, 5.41) is 15.2. The van der Waals surface area contributed by atoms with Crippen LogP contribution in [0.2, 0.25) is 0 Å². The van der Waals surface area contributed by atoms with E-state index in [4.69, 9.17) is 0 Å². The molecular formula is C22H28FN3O3. The molecular weight excluding hydrogens is 373 g/mol. The first-order valence-electron chi connectivity index (χ1n) is 9.57. The number of rotatable bonds is 12. The minimum Gasteiger partial charge on any atom is -0.505 e. The number of nitrogens with one attached hydrogen (secondary N) is 2. The molecule has 0 aliphatic carbocycles. The first kappa shape index (κ1) is 22.4. The molecule has 0 saturated heterocycles. The lowest BCUT2D eigenvalue weighted by molar-refractivity contribution is -0.118. The van der Waals surface area contributed by atoms with Crippen molar-refractivity contribution in [1.82, 2.24) is 15.5 Å². The number of carbonyl (C=O) groups is 2. The predicted octanol–water partition coefficient (Wildman–Crippen LogP) is 2.86. The smallest absolute Gasteiger partial charge is 0.269 e. The Balaban J connectivity index is 1.72. The fourth-order valence-electron chi connectivity index (χ4n) is 3.02. The molecule has 7 heteroatoms. The van der Waals surface area contributed by atoms with E-state index in [1.807, 2.05) is 11.9 Å². The monoisotopic (exact) mass is 401 g/mol. The Morgan fingerprint density at radius 3 is 2.86 bits per heavy atom. The molecule has 1 unspecified atom stereocenters. The van der Waals surface area contributed by atoms with Gasteiger partial charge in [-0.05, 0) is 44.9 Å². The first-order valence-corrected chi connectivity index (χ1v) is 9.57. The number of aliphatic hydroxyl groups excluding tert-OH is 1. The molecule has 6 nitrogen and oxygen atoms in total. The van der Waals surface area contributed by atoms with Gasteiger partial charge in [0, 0.05) is 30.9 Å². The molecule has 0 bridgehead atoms. The average molecular weight is 401 g/mol. The Morgan fingerprint density at radius 1 is 1.41 bits per heavy atom. The van der Waals surface area contributed by atoms with Crippen LogP contribution in [0.4, 0.5) is 4.39 Å². The van der Waals surface area contributed by atoms with Gasteiger partial charge < -0.3 is 20.6 Å². The van der Waals surface area contributed by atoms with E-state index in [2.05, 4.69) is 17.2 Å². The second-order valence-electron chi connectivity index (χ2n) is 7.12. The van der Waals surface area contributed by atoms with Gasteiger partial charge in [-0.3, -0.25) is 9.59 Å². The summed E-state index contributed by atoms with van der Waals surface area (Å²) in [4.78, 5) is 24.5. The summed E-state index contributed by atoms with van der Waals surface area (Å²) >= 11 is 0. The number of likely N-dealkylation sites (N-methyl/N-ethyl adjacent to an activating group) is 1. The molecule has 1 aliphatic heterocycles. The highest BCUT2D eigenvalue weighted by Crippen LogP contribution is 2.23. The van der Waals surface area contributed by atoms with Crippen molar-refractivity contribution in [3.63, 3.8) is 0 Å². The van der Waals surface area contributed by atoms with Crippen LogP contribution in [0, 0.1) is 12.7 Å². The molecule has 1 heterocycles. The maximum atomic E-state index is 14.0. The third kappa shape index (κ3) is 6.87. The summed E-state index contributed by atoms with van der Waals surface area (Å²) < 4.78 is 14.0. The highest BCUT2D eigenvalue weighted by Gasteiger charge is 2.29. The van der Waals surface area contributed by atoms with Gasteiger partial charge in [-0.15, -0.1) is 0 Å². The Kier molecular flexibility index (Phi) is 8.15. The lowest BCUT2D eigenvalue weighted by Gasteiger charge is -2.18. The van der Waals surface area contributed by atoms with E-state index < -0.39 is 0 Å². The van der Waals surface area contributed by atoms with E-state index in [1.54, 1.807) is 31.3 Å². The van der Waals surface area contributed by atoms with Gasteiger partial charge in [0.15, 0.2) is 12.0 Å². The van der Waals surface area contributed by atoms with Crippen molar-refractivity contribution in [3.8, 4) is 0 Å². The Morgan fingerprint density at radius 2 is 2.17 bits per heavy atom. The van der Waals surface area contributed by atoms with E-state index in [0.29, 0.717) is 41.6 Å². The predicted molar refractivity (Wildman–Crippen MR) is 110 cm³/mol. The van der Waals surface area contributed by atoms with Crippen molar-refractivity contribution in [3.05, 3.63) is 71.0 Å². The molecule has 29 heavy (non-hydrogen) atoms. The van der Waals surface area contributed by atoms with Crippen molar-refractivity contribution in [2.45, 2.75) is 38.8 Å². The zero-order valence-electron chi connectivity index (χ0n) is 16.9. The van der Waals surface area contributed by atoms with Gasteiger partial charge >= 0.3 is 0 Å². The van der Waals surface area contributed by atoms with Gasteiger partial charge in [0.2, 0.25) is 0 Å². The maximum absolute atomic E-state index is 14.0. The molecule has 0 spiro atoms. The maximum Gasteiger partial charge on any atom is 0.269 e. The summed E-state index contributed by atoms with van der Waals surface area (Å²) in [6.45, 7) is 6.31. The van der Waals surface area contributed by atoms with Crippen LogP contribution in [-0.2, 0) is 16.1 Å². The Bertz CT molecular complexity index is 833. The van der Waals surface area contributed by atoms with Crippen LogP contribution < -0.4 is 10.6 Å². The summed E-state index contributed by atoms with van der Waals surface area (Å²) in [5.74, 6) is -0.833. The summed E-state index contributed by atoms with van der Waals surface area (Å²) in [7, 11) is 1.86. The molecule has 3 N–H and O–H groups in total. The quantitative estimate of drug-likeness (QED) is 0.217. The molecule has 2 rings (SSSR count). The molecule has 0 fully saturated rings. The normalized spacial score (nSPS) is 14.2. The molecule has 1 aromatic carbocycles. The molecule has 1 amide bonds. The number of amides is 1. The third-order valence-corrected chi connectivity index (χ3v) is 4.81. The average Bonchev–Trinajstić information content (AvgIpc) is 3.47. The van der Waals surface area contributed by atoms with Gasteiger partial charge in [0.25, 0.3) is 5.91 Å². The van der Waals surface area contributed by atoms with Crippen LogP contribution >= 0.6 is 0 Å². The molecule has 0 saturated carbocycles. The van der Waals surface area contributed by atoms with E-state index in [9.17, 15) is 19.1 Å². The number of halogens is 1. The van der Waals surface area contributed by atoms with Gasteiger partial charge in [-0.2, -0.15) is 0 Å². The van der Waals surface area contributed by atoms with E-state index >= 15 is 0 Å². The minimum atomic E-state index is -0.324. The fraction of sp³-hybridized carbons (Fsp3) is 0.364. The lowest BCUT2D eigenvalue weighted by atomic mass is 10.1. The van der Waals surface area contributed by atoms with Gasteiger partial charge in [0.1, 0.15) is 11.5 Å². The molecule has 0 radical (unpaired) electrons. The summed E-state index contributed by atoms with van der Waals surface area (Å²) in [5.41, 5.74) is 2.30. The van der Waals surface area contributed by atoms with E-state index in [-0.39, 0.29) is 30.1 Å². The van der Waals surface area contributed by atoms with Crippen molar-refractivity contribution in [2.24, 2.45) is 0 Å². The highest BCUT2D eigenvalue weighted by atomic mass is 19.1. The topological polar surface area (TPSA) is 81.4 Å². The second-order valence-corrected chi connectivity index (χ2v) is 7.12. The van der Waals surface area contributed by atoms with Crippen LogP contribution in [0.25, 0.3) is 0 Å². The first-order chi connectivity index (χ1) is 13.8. The van der Waals surface area contributed by atoms with E-state index in [0.717, 1.165) is 12.8 Å². The highest BCUT2D eigenvalue weighted by molar-refractivity contribution is 5.96. The molecule has 1 aromatic rings. The lowest BCUT2D eigenvalue weighted by Crippen LogP contribution is -2.34. The van der Waals surface area contributed by atoms with Crippen molar-refractivity contribution < 1.29 is 19.1 Å². The van der Waals surface area contributed by atoms with Crippen LogP contribution in [0.3, 0.4) is 0 Å². The Labute approximate surface area is 170 Å². The van der Waals surface area contributed by atoms with Gasteiger partial charge in [-0.25, -0.2) is 4.39 Å². The zero-order valence-corrected chi connectivity index (χ0v) is 16.9. The second kappa shape index (κ2) is 10.6. The van der Waals surface area contributed by atoms with Crippen molar-refractivity contribution in [2.75, 3.05) is 13.6 Å². The number of benzene rings is 1. The SMILES string of the molecule is C=C(/C=C(\O)C=O)CCCC(CN1C=C1C(=O)NCc1cccc(C)c1F)NC. The molecule has 156 valence electrons. The van der Waals surface area contributed by atoms with Crippen molar-refractivity contribution in [1.29, 1.82) is 0 Å². The number of carbonyl (C=O) groups excluding carboxylic acids is 2. The van der Waals surface area contributed by atoms with Crippen LogP contribution in [0.15, 0.2) is 54.1 Å². The van der Waals surface area contributed by atoms with Gasteiger partial charge in [0.05, 0.1) is 0 Å². The number of aliphatic hydroxyl groups is 1. The number of hydrogen-bond donors (Lipinski definition) is 3. The standard InChI is InChI=1S/C22H28FN3O3/c1-15(10-19(28)14-27)6-4-9-18(24-3)12-26-13-20(26)22(29)25-11-17-8-5-7-16(2)21(17)23/h5,7-8,10,13-14,18,24,28H,1,4,6,9,11-12H2,2-3H3,(H,25,29)/b19-10-. The zero-order chi connectivity index (χ0) is 21.4. The Hall–Kier alpha value is -2.93. The van der Waals surface area contributed by atoms with Crippen LogP contribution in [0.1, 0.15) is 30.4 Å². The summed E-state index contributed by atoms with van der Waals surface area (Å²) in [6.07, 6.45) is 5.86. The van der Waals surface area contributed by atoms with Crippen LogP contribution in [-0.4, -0.2) is 41.8 Å².